The molecule has 6 heteroatoms. The normalized spacial score (nSPS) is 10.6. The molecule has 0 unspecified atom stereocenters. The zero-order chi connectivity index (χ0) is 20.1. The summed E-state index contributed by atoms with van der Waals surface area (Å²) in [6.07, 6.45) is 0. The second-order valence-corrected chi connectivity index (χ2v) is 6.55. The van der Waals surface area contributed by atoms with E-state index < -0.39 is 0 Å². The van der Waals surface area contributed by atoms with Crippen LogP contribution in [0.3, 0.4) is 0 Å². The van der Waals surface area contributed by atoms with Crippen LogP contribution in [0.5, 0.6) is 0 Å². The van der Waals surface area contributed by atoms with Gasteiger partial charge in [-0.25, -0.2) is 0 Å². The number of nitriles is 1. The number of nitrogens with one attached hydrogen (secondary N) is 2. The fourth-order valence-electron chi connectivity index (χ4n) is 3.07. The molecule has 0 saturated carbocycles. The van der Waals surface area contributed by atoms with E-state index >= 15 is 0 Å². The fourth-order valence-corrected chi connectivity index (χ4v) is 3.07. The van der Waals surface area contributed by atoms with Crippen LogP contribution in [0, 0.1) is 11.3 Å². The first-order valence-electron chi connectivity index (χ1n) is 9.13. The Morgan fingerprint density at radius 3 is 2.69 bits per heavy atom. The van der Waals surface area contributed by atoms with Crippen molar-refractivity contribution in [2.75, 3.05) is 11.9 Å². The van der Waals surface area contributed by atoms with Crippen molar-refractivity contribution in [1.82, 2.24) is 10.2 Å². The molecular formula is C23H18N4O2. The van der Waals surface area contributed by atoms with Gasteiger partial charge in [0.1, 0.15) is 6.61 Å². The number of fused-ring (bicyclic) bond motifs is 1. The van der Waals surface area contributed by atoms with Crippen LogP contribution in [0.25, 0.3) is 22.0 Å². The summed E-state index contributed by atoms with van der Waals surface area (Å²) in [4.78, 5) is 12.2. The van der Waals surface area contributed by atoms with Gasteiger partial charge in [0, 0.05) is 5.39 Å². The van der Waals surface area contributed by atoms with Gasteiger partial charge in [-0.3, -0.25) is 9.89 Å². The molecule has 0 saturated heterocycles. The second kappa shape index (κ2) is 8.38. The number of aromatic amines is 1. The number of nitrogens with zero attached hydrogens (tertiary/aromatic N) is 2. The van der Waals surface area contributed by atoms with Crippen LogP contribution >= 0.6 is 0 Å². The number of amides is 1. The van der Waals surface area contributed by atoms with Gasteiger partial charge in [-0.2, -0.15) is 10.4 Å². The Morgan fingerprint density at radius 1 is 1.03 bits per heavy atom. The first-order valence-corrected chi connectivity index (χ1v) is 9.13. The lowest BCUT2D eigenvalue weighted by Crippen LogP contribution is -2.18. The molecule has 0 fully saturated rings. The fraction of sp³-hybridized carbons (Fsp3) is 0.0870. The summed E-state index contributed by atoms with van der Waals surface area (Å²) in [5.41, 5.74) is 4.32. The highest BCUT2D eigenvalue weighted by Gasteiger charge is 2.11. The molecule has 0 aliphatic heterocycles. The minimum absolute atomic E-state index is 0.0533. The highest BCUT2D eigenvalue weighted by molar-refractivity contribution is 6.01. The van der Waals surface area contributed by atoms with Crippen LogP contribution in [-0.2, 0) is 16.1 Å². The molecule has 0 bridgehead atoms. The molecule has 0 aliphatic rings. The number of ether oxygens (including phenoxy) is 1. The van der Waals surface area contributed by atoms with Crippen molar-refractivity contribution in [1.29, 1.82) is 5.26 Å². The van der Waals surface area contributed by atoms with Crippen LogP contribution in [0.2, 0.25) is 0 Å². The number of H-pyrrole nitrogens is 1. The number of aromatic nitrogens is 2. The van der Waals surface area contributed by atoms with Crippen molar-refractivity contribution in [3.8, 4) is 17.2 Å². The van der Waals surface area contributed by atoms with E-state index in [-0.39, 0.29) is 12.5 Å². The molecular weight excluding hydrogens is 364 g/mol. The monoisotopic (exact) mass is 382 g/mol. The van der Waals surface area contributed by atoms with Crippen LogP contribution in [0.1, 0.15) is 11.1 Å². The summed E-state index contributed by atoms with van der Waals surface area (Å²) >= 11 is 0. The number of carbonyl (C=O) groups excluding carboxylic acids is 1. The summed E-state index contributed by atoms with van der Waals surface area (Å²) in [6.45, 7) is 0.322. The lowest BCUT2D eigenvalue weighted by Gasteiger charge is -2.05. The summed E-state index contributed by atoms with van der Waals surface area (Å²) in [7, 11) is 0. The van der Waals surface area contributed by atoms with Crippen LogP contribution in [-0.4, -0.2) is 22.7 Å². The summed E-state index contributed by atoms with van der Waals surface area (Å²) in [5.74, 6) is 0.200. The van der Waals surface area contributed by atoms with E-state index in [1.165, 1.54) is 0 Å². The SMILES string of the molecule is N#Cc1cccc(-c2ccc3c(NC(=O)COCc4ccccc4)n[nH]c3c2)c1. The van der Waals surface area contributed by atoms with Gasteiger partial charge in [-0.1, -0.05) is 48.5 Å². The molecule has 4 aromatic rings. The van der Waals surface area contributed by atoms with Crippen molar-refractivity contribution in [3.63, 3.8) is 0 Å². The predicted octanol–water partition coefficient (Wildman–Crippen LogP) is 4.26. The predicted molar refractivity (Wildman–Crippen MR) is 111 cm³/mol. The highest BCUT2D eigenvalue weighted by atomic mass is 16.5. The van der Waals surface area contributed by atoms with Crippen molar-refractivity contribution in [2.45, 2.75) is 6.61 Å². The van der Waals surface area contributed by atoms with Crippen molar-refractivity contribution in [3.05, 3.63) is 83.9 Å². The highest BCUT2D eigenvalue weighted by Crippen LogP contribution is 2.27. The lowest BCUT2D eigenvalue weighted by molar-refractivity contribution is -0.121. The van der Waals surface area contributed by atoms with Gasteiger partial charge < -0.3 is 10.1 Å². The Morgan fingerprint density at radius 2 is 1.86 bits per heavy atom. The molecule has 1 amide bonds. The maximum absolute atomic E-state index is 12.2. The molecule has 4 rings (SSSR count). The molecule has 0 radical (unpaired) electrons. The van der Waals surface area contributed by atoms with E-state index in [1.807, 2.05) is 66.7 Å². The van der Waals surface area contributed by atoms with E-state index in [1.54, 1.807) is 6.07 Å². The lowest BCUT2D eigenvalue weighted by atomic mass is 10.0. The Kier molecular flexibility index (Phi) is 5.32. The molecule has 6 nitrogen and oxygen atoms in total. The molecule has 3 aromatic carbocycles. The quantitative estimate of drug-likeness (QED) is 0.521. The third-order valence-corrected chi connectivity index (χ3v) is 4.49. The van der Waals surface area contributed by atoms with Crippen molar-refractivity contribution < 1.29 is 9.53 Å². The summed E-state index contributed by atoms with van der Waals surface area (Å²) in [5, 5.41) is 19.8. The van der Waals surface area contributed by atoms with E-state index in [0.717, 1.165) is 27.6 Å². The second-order valence-electron chi connectivity index (χ2n) is 6.55. The van der Waals surface area contributed by atoms with Gasteiger partial charge in [0.2, 0.25) is 0 Å². The van der Waals surface area contributed by atoms with Crippen LogP contribution in [0.4, 0.5) is 5.82 Å². The van der Waals surface area contributed by atoms with Crippen molar-refractivity contribution >= 4 is 22.6 Å². The Hall–Kier alpha value is -3.95. The topological polar surface area (TPSA) is 90.8 Å². The molecule has 0 spiro atoms. The zero-order valence-electron chi connectivity index (χ0n) is 15.6. The van der Waals surface area contributed by atoms with E-state index in [0.29, 0.717) is 18.0 Å². The largest absolute Gasteiger partial charge is 0.367 e. The average molecular weight is 382 g/mol. The van der Waals surface area contributed by atoms with Gasteiger partial charge in [-0.15, -0.1) is 0 Å². The van der Waals surface area contributed by atoms with Crippen LogP contribution in [0.15, 0.2) is 72.8 Å². The third kappa shape index (κ3) is 4.32. The molecule has 29 heavy (non-hydrogen) atoms. The van der Waals surface area contributed by atoms with Gasteiger partial charge in [0.05, 0.1) is 23.8 Å². The smallest absolute Gasteiger partial charge is 0.251 e. The molecule has 142 valence electrons. The molecule has 0 atom stereocenters. The number of benzene rings is 3. The minimum Gasteiger partial charge on any atom is -0.367 e. The number of carbonyl (C=O) groups is 1. The van der Waals surface area contributed by atoms with Gasteiger partial charge in [0.15, 0.2) is 5.82 Å². The van der Waals surface area contributed by atoms with E-state index in [4.69, 9.17) is 10.00 Å². The third-order valence-electron chi connectivity index (χ3n) is 4.49. The molecule has 1 heterocycles. The Bertz CT molecular complexity index is 1190. The zero-order valence-corrected chi connectivity index (χ0v) is 15.6. The average Bonchev–Trinajstić information content (AvgIpc) is 3.16. The summed E-state index contributed by atoms with van der Waals surface area (Å²) < 4.78 is 5.46. The first-order chi connectivity index (χ1) is 14.2. The molecule has 2 N–H and O–H groups in total. The Balaban J connectivity index is 1.43. The van der Waals surface area contributed by atoms with E-state index in [2.05, 4.69) is 21.6 Å². The number of hydrogen-bond donors (Lipinski definition) is 2. The number of hydrogen-bond acceptors (Lipinski definition) is 4. The number of rotatable bonds is 6. The minimum atomic E-state index is -0.264. The molecule has 0 aliphatic carbocycles. The maximum Gasteiger partial charge on any atom is 0.251 e. The first kappa shape index (κ1) is 18.4. The van der Waals surface area contributed by atoms with Crippen LogP contribution < -0.4 is 5.32 Å². The molecule has 1 aromatic heterocycles. The maximum atomic E-state index is 12.2. The van der Waals surface area contributed by atoms with Gasteiger partial charge in [-0.05, 0) is 41.0 Å². The van der Waals surface area contributed by atoms with Gasteiger partial charge >= 0.3 is 0 Å². The van der Waals surface area contributed by atoms with Gasteiger partial charge in [0.25, 0.3) is 5.91 Å². The Labute approximate surface area is 167 Å². The van der Waals surface area contributed by atoms with E-state index in [9.17, 15) is 4.79 Å². The standard InChI is InChI=1S/C23H18N4O2/c24-13-17-7-4-8-18(11-17)19-9-10-20-21(12-19)26-27-23(20)25-22(28)15-29-14-16-5-2-1-3-6-16/h1-12H,14-15H2,(H2,25,26,27,28). The van der Waals surface area contributed by atoms with Crippen molar-refractivity contribution in [2.24, 2.45) is 0 Å². The summed E-state index contributed by atoms with van der Waals surface area (Å²) in [6, 6.07) is 25.0. The number of anilines is 1.